The molecule has 6 heteroatoms. The van der Waals surface area contributed by atoms with Crippen LogP contribution in [0, 0.1) is 6.92 Å². The predicted molar refractivity (Wildman–Crippen MR) is 78.3 cm³/mol. The Balaban J connectivity index is 2.49. The first-order valence-corrected chi connectivity index (χ1v) is 8.15. The fourth-order valence-electron chi connectivity index (χ4n) is 2.30. The molecule has 5 nitrogen and oxygen atoms in total. The van der Waals surface area contributed by atoms with Crippen molar-refractivity contribution in [2.24, 2.45) is 5.73 Å². The molecule has 1 heterocycles. The Bertz CT molecular complexity index is 618. The largest absolute Gasteiger partial charge is 0.493 e. The van der Waals surface area contributed by atoms with Crippen LogP contribution in [-0.4, -0.2) is 20.6 Å². The SMILES string of the molecule is Cc1cc(S(=O)(=O)NC(C)(C)C)cc2c1OCCC2N. The summed E-state index contributed by atoms with van der Waals surface area (Å²) >= 11 is 0. The van der Waals surface area contributed by atoms with Crippen LogP contribution >= 0.6 is 0 Å². The highest BCUT2D eigenvalue weighted by Crippen LogP contribution is 2.35. The van der Waals surface area contributed by atoms with E-state index in [9.17, 15) is 8.42 Å². The van der Waals surface area contributed by atoms with E-state index in [1.54, 1.807) is 12.1 Å². The third-order valence-electron chi connectivity index (χ3n) is 3.10. The number of benzene rings is 1. The number of hydrogen-bond donors (Lipinski definition) is 2. The number of rotatable bonds is 2. The van der Waals surface area contributed by atoms with E-state index in [-0.39, 0.29) is 10.9 Å². The molecule has 3 N–H and O–H groups in total. The van der Waals surface area contributed by atoms with Gasteiger partial charge in [0.25, 0.3) is 0 Å². The molecule has 0 spiro atoms. The van der Waals surface area contributed by atoms with Gasteiger partial charge in [-0.25, -0.2) is 13.1 Å². The standard InChI is InChI=1S/C14H22N2O3S/c1-9-7-10(20(17,18)16-14(2,3)4)8-11-12(15)5-6-19-13(9)11/h7-8,12,16H,5-6,15H2,1-4H3. The maximum absolute atomic E-state index is 12.4. The van der Waals surface area contributed by atoms with Gasteiger partial charge >= 0.3 is 0 Å². The molecule has 112 valence electrons. The molecular formula is C14H22N2O3S. The van der Waals surface area contributed by atoms with Crippen LogP contribution in [-0.2, 0) is 10.0 Å². The summed E-state index contributed by atoms with van der Waals surface area (Å²) in [4.78, 5) is 0.240. The highest BCUT2D eigenvalue weighted by Gasteiger charge is 2.27. The molecule has 0 bridgehead atoms. The van der Waals surface area contributed by atoms with Crippen molar-refractivity contribution in [1.82, 2.24) is 4.72 Å². The zero-order valence-electron chi connectivity index (χ0n) is 12.4. The first-order chi connectivity index (χ1) is 9.10. The minimum Gasteiger partial charge on any atom is -0.493 e. The van der Waals surface area contributed by atoms with Gasteiger partial charge in [0.15, 0.2) is 0 Å². The maximum Gasteiger partial charge on any atom is 0.241 e. The molecule has 1 aliphatic rings. The van der Waals surface area contributed by atoms with Gasteiger partial charge in [0.05, 0.1) is 11.5 Å². The maximum atomic E-state index is 12.4. The summed E-state index contributed by atoms with van der Waals surface area (Å²) in [5, 5.41) is 0. The fourth-order valence-corrected chi connectivity index (χ4v) is 3.84. The monoisotopic (exact) mass is 298 g/mol. The van der Waals surface area contributed by atoms with Crippen LogP contribution < -0.4 is 15.2 Å². The van der Waals surface area contributed by atoms with Crippen molar-refractivity contribution in [3.8, 4) is 5.75 Å². The van der Waals surface area contributed by atoms with E-state index in [0.29, 0.717) is 13.0 Å². The van der Waals surface area contributed by atoms with E-state index in [0.717, 1.165) is 16.9 Å². The number of sulfonamides is 1. The van der Waals surface area contributed by atoms with Crippen LogP contribution in [0.2, 0.25) is 0 Å². The average Bonchev–Trinajstić information content (AvgIpc) is 2.27. The summed E-state index contributed by atoms with van der Waals surface area (Å²) in [7, 11) is -3.56. The van der Waals surface area contributed by atoms with Gasteiger partial charge in [-0.15, -0.1) is 0 Å². The number of ether oxygens (including phenoxy) is 1. The number of nitrogens with two attached hydrogens (primary N) is 1. The minimum absolute atomic E-state index is 0.178. The summed E-state index contributed by atoms with van der Waals surface area (Å²) < 4.78 is 33.0. The number of nitrogens with one attached hydrogen (secondary N) is 1. The van der Waals surface area contributed by atoms with Crippen LogP contribution in [0.5, 0.6) is 5.75 Å². The van der Waals surface area contributed by atoms with Gasteiger partial charge in [0, 0.05) is 23.6 Å². The molecule has 0 aromatic heterocycles. The van der Waals surface area contributed by atoms with Gasteiger partial charge in [-0.3, -0.25) is 0 Å². The zero-order chi connectivity index (χ0) is 15.1. The summed E-state index contributed by atoms with van der Waals surface area (Å²) in [6.45, 7) is 7.84. The molecule has 1 unspecified atom stereocenters. The van der Waals surface area contributed by atoms with Crippen LogP contribution in [0.15, 0.2) is 17.0 Å². The molecule has 0 radical (unpaired) electrons. The van der Waals surface area contributed by atoms with E-state index in [1.165, 1.54) is 0 Å². The number of hydrogen-bond acceptors (Lipinski definition) is 4. The van der Waals surface area contributed by atoms with E-state index >= 15 is 0 Å². The predicted octanol–water partition coefficient (Wildman–Crippen LogP) is 1.85. The van der Waals surface area contributed by atoms with Gasteiger partial charge in [-0.05, 0) is 45.4 Å². The van der Waals surface area contributed by atoms with Crippen molar-refractivity contribution in [2.45, 2.75) is 50.6 Å². The second-order valence-electron chi connectivity index (χ2n) is 6.26. The van der Waals surface area contributed by atoms with Gasteiger partial charge in [-0.2, -0.15) is 0 Å². The average molecular weight is 298 g/mol. The second-order valence-corrected chi connectivity index (χ2v) is 7.94. The van der Waals surface area contributed by atoms with Crippen LogP contribution in [0.4, 0.5) is 0 Å². The quantitative estimate of drug-likeness (QED) is 0.873. The molecule has 1 aromatic rings. The van der Waals surface area contributed by atoms with Crippen molar-refractivity contribution in [3.63, 3.8) is 0 Å². The van der Waals surface area contributed by atoms with Gasteiger partial charge in [-0.1, -0.05) is 0 Å². The molecule has 0 amide bonds. The van der Waals surface area contributed by atoms with E-state index in [1.807, 2.05) is 27.7 Å². The Hall–Kier alpha value is -1.11. The van der Waals surface area contributed by atoms with Crippen LogP contribution in [0.1, 0.15) is 44.4 Å². The summed E-state index contributed by atoms with van der Waals surface area (Å²) in [5.74, 6) is 0.721. The molecule has 1 aromatic carbocycles. The molecule has 2 rings (SSSR count). The lowest BCUT2D eigenvalue weighted by molar-refractivity contribution is 0.266. The molecule has 1 aliphatic heterocycles. The van der Waals surface area contributed by atoms with Crippen molar-refractivity contribution in [2.75, 3.05) is 6.61 Å². The van der Waals surface area contributed by atoms with Crippen LogP contribution in [0.3, 0.4) is 0 Å². The summed E-state index contributed by atoms with van der Waals surface area (Å²) in [6.07, 6.45) is 0.697. The molecule has 0 fully saturated rings. The van der Waals surface area contributed by atoms with Crippen molar-refractivity contribution in [3.05, 3.63) is 23.3 Å². The lowest BCUT2D eigenvalue weighted by Crippen LogP contribution is -2.40. The highest BCUT2D eigenvalue weighted by molar-refractivity contribution is 7.89. The Labute approximate surface area is 120 Å². The third-order valence-corrected chi connectivity index (χ3v) is 4.84. The molecule has 0 saturated carbocycles. The summed E-state index contributed by atoms with van der Waals surface area (Å²) in [5.41, 5.74) is 7.10. The number of aryl methyl sites for hydroxylation is 1. The lowest BCUT2D eigenvalue weighted by atomic mass is 9.99. The van der Waals surface area contributed by atoms with Crippen molar-refractivity contribution in [1.29, 1.82) is 0 Å². The molecule has 1 atom stereocenters. The molecular weight excluding hydrogens is 276 g/mol. The topological polar surface area (TPSA) is 81.4 Å². The van der Waals surface area contributed by atoms with E-state index in [4.69, 9.17) is 10.5 Å². The van der Waals surface area contributed by atoms with Gasteiger partial charge in [0.2, 0.25) is 10.0 Å². The number of fused-ring (bicyclic) bond motifs is 1. The van der Waals surface area contributed by atoms with Crippen molar-refractivity contribution >= 4 is 10.0 Å². The highest BCUT2D eigenvalue weighted by atomic mass is 32.2. The van der Waals surface area contributed by atoms with Crippen LogP contribution in [0.25, 0.3) is 0 Å². The Morgan fingerprint density at radius 3 is 2.60 bits per heavy atom. The van der Waals surface area contributed by atoms with Crippen molar-refractivity contribution < 1.29 is 13.2 Å². The Morgan fingerprint density at radius 2 is 2.00 bits per heavy atom. The lowest BCUT2D eigenvalue weighted by Gasteiger charge is -2.26. The van der Waals surface area contributed by atoms with Gasteiger partial charge in [0.1, 0.15) is 5.75 Å². The zero-order valence-corrected chi connectivity index (χ0v) is 13.2. The fraction of sp³-hybridized carbons (Fsp3) is 0.571. The summed E-state index contributed by atoms with van der Waals surface area (Å²) in [6, 6.07) is 3.08. The molecule has 0 aliphatic carbocycles. The first-order valence-electron chi connectivity index (χ1n) is 6.67. The van der Waals surface area contributed by atoms with Gasteiger partial charge < -0.3 is 10.5 Å². The smallest absolute Gasteiger partial charge is 0.241 e. The normalized spacial score (nSPS) is 19.4. The first kappa shape index (κ1) is 15.3. The minimum atomic E-state index is -3.56. The third kappa shape index (κ3) is 3.13. The van der Waals surface area contributed by atoms with E-state index in [2.05, 4.69) is 4.72 Å². The molecule has 0 saturated heterocycles. The Kier molecular flexibility index (Phi) is 3.83. The Morgan fingerprint density at radius 1 is 1.35 bits per heavy atom. The second kappa shape index (κ2) is 5.02. The van der Waals surface area contributed by atoms with E-state index < -0.39 is 15.6 Å². The molecule has 20 heavy (non-hydrogen) atoms.